The van der Waals surface area contributed by atoms with Crippen LogP contribution in [-0.2, 0) is 21.3 Å². The number of hydrogen-bond acceptors (Lipinski definition) is 6. The van der Waals surface area contributed by atoms with E-state index in [9.17, 15) is 8.42 Å². The summed E-state index contributed by atoms with van der Waals surface area (Å²) in [6.45, 7) is 1.88. The SMILES string of the molecule is Cc1ccc(S(N)(=O)=O)cc1.N#CN.NS(=O)[O-]. The molecule has 0 aromatic heterocycles. The first-order chi connectivity index (χ1) is 8.15. The molecule has 0 aliphatic rings. The van der Waals surface area contributed by atoms with Crippen molar-refractivity contribution in [3.05, 3.63) is 29.8 Å². The molecule has 0 radical (unpaired) electrons. The summed E-state index contributed by atoms with van der Waals surface area (Å²) in [6, 6.07) is 6.40. The molecule has 0 spiro atoms. The van der Waals surface area contributed by atoms with Crippen LogP contribution in [0.5, 0.6) is 0 Å². The summed E-state index contributed by atoms with van der Waals surface area (Å²) >= 11 is -2.36. The Morgan fingerprint density at radius 1 is 1.33 bits per heavy atom. The van der Waals surface area contributed by atoms with Crippen LogP contribution in [0.15, 0.2) is 29.2 Å². The molecule has 1 aromatic carbocycles. The highest BCUT2D eigenvalue weighted by Gasteiger charge is 2.04. The standard InChI is InChI=1S/C7H9NO2S.CH2N2.H3NO2S/c1-6-2-4-7(5-3-6)11(8,9)10;2-1-3;1-4(2)3/h2-5H,1H3,(H2,8,9,10);2H2;1H2,(H,2,3)/p-1. The third-order valence-corrected chi connectivity index (χ3v) is 2.28. The number of hydrogen-bond donors (Lipinski definition) is 3. The fourth-order valence-electron chi connectivity index (χ4n) is 0.728. The molecule has 0 aliphatic heterocycles. The van der Waals surface area contributed by atoms with Gasteiger partial charge in [0, 0.05) is 11.3 Å². The summed E-state index contributed by atoms with van der Waals surface area (Å²) in [5.74, 6) is 0. The lowest BCUT2D eigenvalue weighted by molar-refractivity contribution is 0.538. The van der Waals surface area contributed by atoms with Crippen LogP contribution >= 0.6 is 0 Å². The van der Waals surface area contributed by atoms with E-state index in [0.29, 0.717) is 0 Å². The van der Waals surface area contributed by atoms with Crippen LogP contribution in [-0.4, -0.2) is 17.2 Å². The molecular weight excluding hydrogens is 280 g/mol. The summed E-state index contributed by atoms with van der Waals surface area (Å²) in [7, 11) is -3.52. The van der Waals surface area contributed by atoms with Crippen molar-refractivity contribution in [3.63, 3.8) is 0 Å². The highest BCUT2D eigenvalue weighted by Crippen LogP contribution is 2.06. The number of benzene rings is 1. The Balaban J connectivity index is 0. The zero-order valence-electron chi connectivity index (χ0n) is 9.44. The Bertz CT molecular complexity index is 503. The Hall–Kier alpha value is -1.51. The maximum Gasteiger partial charge on any atom is 0.238 e. The van der Waals surface area contributed by atoms with E-state index in [1.807, 2.05) is 6.92 Å². The number of sulfonamides is 1. The van der Waals surface area contributed by atoms with E-state index < -0.39 is 21.3 Å². The van der Waals surface area contributed by atoms with Gasteiger partial charge in [-0.25, -0.2) is 13.6 Å². The molecule has 1 unspecified atom stereocenters. The van der Waals surface area contributed by atoms with Gasteiger partial charge in [-0.1, -0.05) is 17.7 Å². The predicted molar refractivity (Wildman–Crippen MR) is 65.5 cm³/mol. The number of primary sulfonamides is 1. The predicted octanol–water partition coefficient (Wildman–Crippen LogP) is -1.19. The van der Waals surface area contributed by atoms with Crippen LogP contribution in [0, 0.1) is 18.4 Å². The Morgan fingerprint density at radius 3 is 1.83 bits per heavy atom. The van der Waals surface area contributed by atoms with Crippen molar-refractivity contribution >= 4 is 21.3 Å². The van der Waals surface area contributed by atoms with E-state index in [-0.39, 0.29) is 4.90 Å². The molecule has 0 saturated carbocycles. The molecule has 1 aromatic rings. The third-order valence-electron chi connectivity index (χ3n) is 1.35. The van der Waals surface area contributed by atoms with Gasteiger partial charge in [-0.15, -0.1) is 0 Å². The lowest BCUT2D eigenvalue weighted by Gasteiger charge is -1.96. The molecular formula is C8H13N4O4S2-. The van der Waals surface area contributed by atoms with Crippen LogP contribution in [0.2, 0.25) is 0 Å². The number of nitrogens with zero attached hydrogens (tertiary/aromatic N) is 1. The molecule has 0 amide bonds. The van der Waals surface area contributed by atoms with Gasteiger partial charge in [0.15, 0.2) is 6.19 Å². The van der Waals surface area contributed by atoms with E-state index in [4.69, 9.17) is 19.2 Å². The van der Waals surface area contributed by atoms with E-state index in [1.54, 1.807) is 12.1 Å². The van der Waals surface area contributed by atoms with Crippen LogP contribution in [0.4, 0.5) is 0 Å². The van der Waals surface area contributed by atoms with E-state index in [1.165, 1.54) is 18.3 Å². The summed E-state index contributed by atoms with van der Waals surface area (Å²) in [6.07, 6.45) is 1.25. The van der Waals surface area contributed by atoms with Gasteiger partial charge in [-0.3, -0.25) is 9.35 Å². The molecule has 1 rings (SSSR count). The highest BCUT2D eigenvalue weighted by molar-refractivity contribution is 7.89. The first kappa shape index (κ1) is 18.8. The van der Waals surface area contributed by atoms with Gasteiger partial charge in [0.2, 0.25) is 10.0 Å². The van der Waals surface area contributed by atoms with Gasteiger partial charge >= 0.3 is 0 Å². The largest absolute Gasteiger partial charge is 0.760 e. The van der Waals surface area contributed by atoms with Crippen LogP contribution in [0.3, 0.4) is 0 Å². The number of nitriles is 1. The number of rotatable bonds is 1. The number of nitrogens with two attached hydrogens (primary N) is 3. The van der Waals surface area contributed by atoms with Crippen LogP contribution in [0.1, 0.15) is 5.56 Å². The summed E-state index contributed by atoms with van der Waals surface area (Å²) in [5.41, 5.74) is 5.16. The molecule has 10 heteroatoms. The topological polar surface area (TPSA) is 176 Å². The zero-order chi connectivity index (χ0) is 14.8. The van der Waals surface area contributed by atoms with Crippen LogP contribution < -0.4 is 16.0 Å². The van der Waals surface area contributed by atoms with E-state index in [2.05, 4.69) is 10.9 Å². The molecule has 0 bridgehead atoms. The number of aryl methyl sites for hydroxylation is 1. The van der Waals surface area contributed by atoms with Crippen molar-refractivity contribution in [1.29, 1.82) is 5.26 Å². The minimum absolute atomic E-state index is 0.156. The van der Waals surface area contributed by atoms with Crippen molar-refractivity contribution in [3.8, 4) is 6.19 Å². The Morgan fingerprint density at radius 2 is 1.61 bits per heavy atom. The summed E-state index contributed by atoms with van der Waals surface area (Å²) in [5, 5.41) is 16.0. The first-order valence-corrected chi connectivity index (χ1v) is 6.86. The van der Waals surface area contributed by atoms with Gasteiger partial charge in [0.05, 0.1) is 4.90 Å². The second kappa shape index (κ2) is 9.51. The fraction of sp³-hybridized carbons (Fsp3) is 0.125. The van der Waals surface area contributed by atoms with Crippen molar-refractivity contribution in [2.24, 2.45) is 16.0 Å². The monoisotopic (exact) mass is 293 g/mol. The van der Waals surface area contributed by atoms with Crippen molar-refractivity contribution in [2.75, 3.05) is 0 Å². The van der Waals surface area contributed by atoms with Crippen LogP contribution in [0.25, 0.3) is 0 Å². The molecule has 102 valence electrons. The zero-order valence-corrected chi connectivity index (χ0v) is 11.1. The molecule has 0 fully saturated rings. The molecule has 8 nitrogen and oxygen atoms in total. The maximum atomic E-state index is 10.7. The quantitative estimate of drug-likeness (QED) is 0.333. The average molecular weight is 293 g/mol. The Labute approximate surface area is 108 Å². The van der Waals surface area contributed by atoms with Gasteiger partial charge < -0.3 is 10.3 Å². The Kier molecular flexibility index (Phi) is 9.96. The minimum Gasteiger partial charge on any atom is -0.760 e. The van der Waals surface area contributed by atoms with Gasteiger partial charge in [0.1, 0.15) is 0 Å². The first-order valence-electron chi connectivity index (χ1n) is 4.18. The van der Waals surface area contributed by atoms with Gasteiger partial charge in [0.25, 0.3) is 0 Å². The maximum absolute atomic E-state index is 10.7. The molecule has 0 aliphatic carbocycles. The highest BCUT2D eigenvalue weighted by atomic mass is 32.2. The smallest absolute Gasteiger partial charge is 0.238 e. The minimum atomic E-state index is -3.52. The van der Waals surface area contributed by atoms with Crippen molar-refractivity contribution in [2.45, 2.75) is 11.8 Å². The fourth-order valence-corrected chi connectivity index (χ4v) is 1.24. The average Bonchev–Trinajstić information content (AvgIpc) is 2.17. The normalized spacial score (nSPS) is 10.8. The van der Waals surface area contributed by atoms with E-state index >= 15 is 0 Å². The van der Waals surface area contributed by atoms with Crippen molar-refractivity contribution < 1.29 is 17.2 Å². The molecule has 6 N–H and O–H groups in total. The second-order valence-electron chi connectivity index (χ2n) is 2.75. The van der Waals surface area contributed by atoms with E-state index in [0.717, 1.165) is 5.56 Å². The molecule has 18 heavy (non-hydrogen) atoms. The summed E-state index contributed by atoms with van der Waals surface area (Å²) < 4.78 is 39.0. The second-order valence-corrected chi connectivity index (χ2v) is 4.83. The molecule has 0 heterocycles. The third kappa shape index (κ3) is 12.6. The van der Waals surface area contributed by atoms with Gasteiger partial charge in [-0.05, 0) is 19.1 Å². The van der Waals surface area contributed by atoms with Gasteiger partial charge in [-0.2, -0.15) is 5.26 Å². The van der Waals surface area contributed by atoms with Crippen molar-refractivity contribution in [1.82, 2.24) is 0 Å². The molecule has 1 atom stereocenters. The lowest BCUT2D eigenvalue weighted by Crippen LogP contribution is -2.11. The molecule has 0 saturated heterocycles. The summed E-state index contributed by atoms with van der Waals surface area (Å²) in [4.78, 5) is 0.156. The lowest BCUT2D eigenvalue weighted by atomic mass is 10.2.